The zero-order chi connectivity index (χ0) is 18.5. The van der Waals surface area contributed by atoms with Gasteiger partial charge < -0.3 is 4.90 Å². The summed E-state index contributed by atoms with van der Waals surface area (Å²) in [5.41, 5.74) is 9.75. The van der Waals surface area contributed by atoms with Gasteiger partial charge in [-0.3, -0.25) is 15.2 Å². The maximum absolute atomic E-state index is 13.4. The summed E-state index contributed by atoms with van der Waals surface area (Å²) < 4.78 is 0. The van der Waals surface area contributed by atoms with Crippen molar-refractivity contribution in [2.24, 2.45) is 11.8 Å². The van der Waals surface area contributed by atoms with Gasteiger partial charge in [0.1, 0.15) is 0 Å². The summed E-state index contributed by atoms with van der Waals surface area (Å²) in [7, 11) is 0. The molecule has 5 nitrogen and oxygen atoms in total. The Morgan fingerprint density at radius 1 is 1.27 bits per heavy atom. The number of nitrogens with one attached hydrogen (secondary N) is 2. The Bertz CT molecular complexity index is 732. The van der Waals surface area contributed by atoms with Gasteiger partial charge in [-0.05, 0) is 30.5 Å². The molecule has 0 saturated carbocycles. The van der Waals surface area contributed by atoms with E-state index in [1.54, 1.807) is 6.20 Å². The zero-order valence-corrected chi connectivity index (χ0v) is 15.8. The Kier molecular flexibility index (Phi) is 6.01. The molecule has 1 fully saturated rings. The maximum atomic E-state index is 13.4. The normalized spacial score (nSPS) is 19.7. The van der Waals surface area contributed by atoms with Gasteiger partial charge in [0.25, 0.3) is 0 Å². The van der Waals surface area contributed by atoms with Crippen LogP contribution in [-0.2, 0) is 11.3 Å². The second kappa shape index (κ2) is 8.43. The van der Waals surface area contributed by atoms with Crippen LogP contribution in [0.15, 0.2) is 48.7 Å². The summed E-state index contributed by atoms with van der Waals surface area (Å²) >= 11 is 0. The average molecular weight is 352 g/mol. The molecule has 2 unspecified atom stereocenters. The standard InChI is InChI=1S/C21H28N4O/c1-15(2)13-25(14-18-9-4-5-10-22-18)21(26)19-12-23-24-20(19)17-8-6-7-16(3)11-17/h4-11,15,19-20,23-24H,12-14H2,1-3H3. The maximum Gasteiger partial charge on any atom is 0.229 e. The fraction of sp³-hybridized carbons (Fsp3) is 0.429. The third-order valence-corrected chi connectivity index (χ3v) is 4.68. The fourth-order valence-corrected chi connectivity index (χ4v) is 3.50. The van der Waals surface area contributed by atoms with Crippen molar-refractivity contribution in [3.8, 4) is 0 Å². The lowest BCUT2D eigenvalue weighted by Crippen LogP contribution is -2.40. The van der Waals surface area contributed by atoms with E-state index in [0.29, 0.717) is 19.0 Å². The van der Waals surface area contributed by atoms with E-state index in [1.807, 2.05) is 29.2 Å². The van der Waals surface area contributed by atoms with Crippen LogP contribution in [0, 0.1) is 18.8 Å². The van der Waals surface area contributed by atoms with E-state index in [4.69, 9.17) is 0 Å². The molecule has 1 aromatic heterocycles. The van der Waals surface area contributed by atoms with Crippen molar-refractivity contribution in [3.63, 3.8) is 0 Å². The van der Waals surface area contributed by atoms with Crippen molar-refractivity contribution in [1.82, 2.24) is 20.7 Å². The van der Waals surface area contributed by atoms with Crippen molar-refractivity contribution in [2.75, 3.05) is 13.1 Å². The van der Waals surface area contributed by atoms with Crippen LogP contribution >= 0.6 is 0 Å². The van der Waals surface area contributed by atoms with E-state index in [1.165, 1.54) is 5.56 Å². The van der Waals surface area contributed by atoms with Crippen LogP contribution < -0.4 is 10.9 Å². The summed E-state index contributed by atoms with van der Waals surface area (Å²) in [6, 6.07) is 14.2. The molecule has 3 rings (SSSR count). The van der Waals surface area contributed by atoms with Gasteiger partial charge in [-0.15, -0.1) is 0 Å². The average Bonchev–Trinajstić information content (AvgIpc) is 3.11. The fourth-order valence-electron chi connectivity index (χ4n) is 3.50. The van der Waals surface area contributed by atoms with Gasteiger partial charge in [0.2, 0.25) is 5.91 Å². The van der Waals surface area contributed by atoms with Crippen LogP contribution in [0.2, 0.25) is 0 Å². The topological polar surface area (TPSA) is 57.3 Å². The highest BCUT2D eigenvalue weighted by atomic mass is 16.2. The van der Waals surface area contributed by atoms with Gasteiger partial charge in [0, 0.05) is 19.3 Å². The van der Waals surface area contributed by atoms with Gasteiger partial charge in [0.05, 0.1) is 24.2 Å². The third kappa shape index (κ3) is 4.48. The first-order valence-corrected chi connectivity index (χ1v) is 9.28. The number of nitrogens with zero attached hydrogens (tertiary/aromatic N) is 2. The molecule has 138 valence electrons. The van der Waals surface area contributed by atoms with Gasteiger partial charge in [0.15, 0.2) is 0 Å². The van der Waals surface area contributed by atoms with Gasteiger partial charge >= 0.3 is 0 Å². The molecule has 1 saturated heterocycles. The first kappa shape index (κ1) is 18.5. The van der Waals surface area contributed by atoms with E-state index in [-0.39, 0.29) is 17.9 Å². The molecule has 2 heterocycles. The Balaban J connectivity index is 1.80. The minimum Gasteiger partial charge on any atom is -0.336 e. The number of pyridine rings is 1. The highest BCUT2D eigenvalue weighted by Gasteiger charge is 2.36. The minimum atomic E-state index is -0.126. The second-order valence-electron chi connectivity index (χ2n) is 7.46. The van der Waals surface area contributed by atoms with Crippen LogP contribution in [0.1, 0.15) is 36.7 Å². The summed E-state index contributed by atoms with van der Waals surface area (Å²) in [6.45, 7) is 8.27. The van der Waals surface area contributed by atoms with Crippen LogP contribution in [0.5, 0.6) is 0 Å². The lowest BCUT2D eigenvalue weighted by atomic mass is 9.92. The molecular weight excluding hydrogens is 324 g/mol. The van der Waals surface area contributed by atoms with Crippen LogP contribution in [0.25, 0.3) is 0 Å². The summed E-state index contributed by atoms with van der Waals surface area (Å²) in [5.74, 6) is 0.454. The van der Waals surface area contributed by atoms with Gasteiger partial charge in [-0.1, -0.05) is 49.7 Å². The molecule has 0 spiro atoms. The molecular formula is C21H28N4O. The van der Waals surface area contributed by atoms with Gasteiger partial charge in [-0.25, -0.2) is 5.43 Å². The first-order chi connectivity index (χ1) is 12.5. The minimum absolute atomic E-state index is 0.0132. The Morgan fingerprint density at radius 3 is 2.81 bits per heavy atom. The Labute approximate surface area is 155 Å². The predicted octanol–water partition coefficient (Wildman–Crippen LogP) is 2.84. The molecule has 2 atom stereocenters. The van der Waals surface area contributed by atoms with Crippen molar-refractivity contribution >= 4 is 5.91 Å². The molecule has 1 aliphatic rings. The molecule has 1 amide bonds. The van der Waals surface area contributed by atoms with Crippen molar-refractivity contribution in [3.05, 3.63) is 65.5 Å². The predicted molar refractivity (Wildman–Crippen MR) is 103 cm³/mol. The quantitative estimate of drug-likeness (QED) is 0.839. The summed E-state index contributed by atoms with van der Waals surface area (Å²) in [6.07, 6.45) is 1.78. The number of aryl methyl sites for hydroxylation is 1. The molecule has 0 radical (unpaired) electrons. The van der Waals surface area contributed by atoms with Crippen molar-refractivity contribution in [1.29, 1.82) is 0 Å². The van der Waals surface area contributed by atoms with Crippen molar-refractivity contribution < 1.29 is 4.79 Å². The number of carbonyl (C=O) groups excluding carboxylic acids is 1. The third-order valence-electron chi connectivity index (χ3n) is 4.68. The monoisotopic (exact) mass is 352 g/mol. The number of hydrogen-bond donors (Lipinski definition) is 2. The molecule has 2 N–H and O–H groups in total. The molecule has 0 bridgehead atoms. The second-order valence-corrected chi connectivity index (χ2v) is 7.46. The molecule has 1 aliphatic heterocycles. The largest absolute Gasteiger partial charge is 0.336 e. The van der Waals surface area contributed by atoms with Gasteiger partial charge in [-0.2, -0.15) is 0 Å². The SMILES string of the molecule is Cc1cccc(C2NNCC2C(=O)N(Cc2ccccn2)CC(C)C)c1. The number of rotatable bonds is 6. The Morgan fingerprint density at radius 2 is 2.12 bits per heavy atom. The number of hydrogen-bond acceptors (Lipinski definition) is 4. The molecule has 5 heteroatoms. The molecule has 0 aliphatic carbocycles. The van der Waals surface area contributed by atoms with E-state index in [9.17, 15) is 4.79 Å². The number of benzene rings is 1. The first-order valence-electron chi connectivity index (χ1n) is 9.28. The van der Waals surface area contributed by atoms with E-state index in [2.05, 4.69) is 54.8 Å². The van der Waals surface area contributed by atoms with Crippen molar-refractivity contribution in [2.45, 2.75) is 33.4 Å². The highest BCUT2D eigenvalue weighted by Crippen LogP contribution is 2.28. The highest BCUT2D eigenvalue weighted by molar-refractivity contribution is 5.80. The van der Waals surface area contributed by atoms with E-state index >= 15 is 0 Å². The van der Waals surface area contributed by atoms with Crippen LogP contribution in [-0.4, -0.2) is 28.9 Å². The molecule has 26 heavy (non-hydrogen) atoms. The Hall–Kier alpha value is -2.24. The number of hydrazine groups is 1. The lowest BCUT2D eigenvalue weighted by Gasteiger charge is -2.29. The number of aromatic nitrogens is 1. The lowest BCUT2D eigenvalue weighted by molar-refractivity contribution is -0.136. The summed E-state index contributed by atoms with van der Waals surface area (Å²) in [5, 5.41) is 0. The summed E-state index contributed by atoms with van der Waals surface area (Å²) in [4.78, 5) is 19.7. The smallest absolute Gasteiger partial charge is 0.229 e. The number of carbonyl (C=O) groups is 1. The zero-order valence-electron chi connectivity index (χ0n) is 15.8. The van der Waals surface area contributed by atoms with Crippen LogP contribution in [0.3, 0.4) is 0 Å². The number of amides is 1. The molecule has 1 aromatic carbocycles. The van der Waals surface area contributed by atoms with E-state index < -0.39 is 0 Å². The van der Waals surface area contributed by atoms with Crippen LogP contribution in [0.4, 0.5) is 0 Å². The van der Waals surface area contributed by atoms with E-state index in [0.717, 1.165) is 17.8 Å². The molecule has 2 aromatic rings.